The smallest absolute Gasteiger partial charge is 0.321 e. The van der Waals surface area contributed by atoms with Crippen LogP contribution in [0.4, 0.5) is 14.9 Å². The number of carbonyl (C=O) groups is 2. The van der Waals surface area contributed by atoms with Crippen LogP contribution in [-0.2, 0) is 0 Å². The molecule has 2 heterocycles. The molecule has 0 bridgehead atoms. The topological polar surface area (TPSA) is 78.4 Å². The molecule has 3 amide bonds. The third-order valence-electron chi connectivity index (χ3n) is 5.11. The van der Waals surface area contributed by atoms with Gasteiger partial charge in [-0.1, -0.05) is 18.2 Å². The van der Waals surface area contributed by atoms with Crippen LogP contribution in [0.15, 0.2) is 60.8 Å². The van der Waals surface area contributed by atoms with Gasteiger partial charge in [-0.15, -0.1) is 0 Å². The number of aromatic nitrogens is 2. The fraction of sp³-hybridized carbons (Fsp3) is 0.217. The first-order valence-electron chi connectivity index (χ1n) is 10.0. The maximum atomic E-state index is 13.4. The van der Waals surface area contributed by atoms with E-state index in [2.05, 4.69) is 15.3 Å². The van der Waals surface area contributed by atoms with Crippen LogP contribution >= 0.6 is 0 Å². The summed E-state index contributed by atoms with van der Waals surface area (Å²) in [6.45, 7) is 3.41. The highest BCUT2D eigenvalue weighted by molar-refractivity contribution is 5.94. The lowest BCUT2D eigenvalue weighted by Crippen LogP contribution is -2.51. The minimum atomic E-state index is -0.441. The number of nitrogens with one attached hydrogen (secondary N) is 1. The van der Waals surface area contributed by atoms with Crippen LogP contribution in [0.5, 0.6) is 0 Å². The molecule has 0 spiro atoms. The summed E-state index contributed by atoms with van der Waals surface area (Å²) in [4.78, 5) is 37.1. The number of urea groups is 1. The summed E-state index contributed by atoms with van der Waals surface area (Å²) in [7, 11) is 0. The number of amides is 3. The second-order valence-electron chi connectivity index (χ2n) is 7.29. The molecule has 158 valence electrons. The summed E-state index contributed by atoms with van der Waals surface area (Å²) in [5, 5.41) is 2.91. The normalized spacial score (nSPS) is 13.7. The average Bonchev–Trinajstić information content (AvgIpc) is 2.79. The molecule has 1 saturated heterocycles. The van der Waals surface area contributed by atoms with Crippen molar-refractivity contribution in [2.24, 2.45) is 0 Å². The molecule has 1 aliphatic heterocycles. The van der Waals surface area contributed by atoms with Gasteiger partial charge in [0, 0.05) is 49.2 Å². The Balaban J connectivity index is 1.36. The average molecular weight is 419 g/mol. The maximum Gasteiger partial charge on any atom is 0.321 e. The number of halogens is 1. The van der Waals surface area contributed by atoms with Crippen LogP contribution in [0.25, 0.3) is 11.3 Å². The van der Waals surface area contributed by atoms with E-state index in [1.54, 1.807) is 22.1 Å². The Morgan fingerprint density at radius 2 is 1.71 bits per heavy atom. The Morgan fingerprint density at radius 3 is 2.45 bits per heavy atom. The summed E-state index contributed by atoms with van der Waals surface area (Å²) in [5.74, 6) is 0.00761. The van der Waals surface area contributed by atoms with Crippen molar-refractivity contribution in [1.82, 2.24) is 19.8 Å². The molecule has 0 atom stereocenters. The standard InChI is InChI=1S/C23H22FN5O2/c1-16-25-9-8-21(26-16)17-4-3-7-20(15-17)27-23(31)29-12-10-28(11-13-29)22(30)18-5-2-6-19(24)14-18/h2-9,14-15H,10-13H2,1H3,(H,27,31). The largest absolute Gasteiger partial charge is 0.335 e. The number of carbonyl (C=O) groups excluding carboxylic acids is 2. The first-order valence-corrected chi connectivity index (χ1v) is 10.0. The fourth-order valence-corrected chi connectivity index (χ4v) is 3.49. The molecule has 1 fully saturated rings. The number of benzene rings is 2. The zero-order valence-electron chi connectivity index (χ0n) is 17.1. The molecule has 0 aliphatic carbocycles. The van der Waals surface area contributed by atoms with E-state index >= 15 is 0 Å². The minimum absolute atomic E-state index is 0.228. The van der Waals surface area contributed by atoms with Crippen molar-refractivity contribution < 1.29 is 14.0 Å². The van der Waals surface area contributed by atoms with Crippen molar-refractivity contribution in [3.8, 4) is 11.3 Å². The van der Waals surface area contributed by atoms with E-state index in [1.165, 1.54) is 18.2 Å². The Labute approximate surface area is 179 Å². The van der Waals surface area contributed by atoms with Gasteiger partial charge in [0.2, 0.25) is 0 Å². The molecule has 0 saturated carbocycles. The number of hydrogen-bond donors (Lipinski definition) is 1. The monoisotopic (exact) mass is 419 g/mol. The van der Waals surface area contributed by atoms with E-state index < -0.39 is 5.82 Å². The van der Waals surface area contributed by atoms with Gasteiger partial charge in [0.25, 0.3) is 5.91 Å². The van der Waals surface area contributed by atoms with Crippen LogP contribution in [0.3, 0.4) is 0 Å². The van der Waals surface area contributed by atoms with Crippen molar-refractivity contribution in [2.45, 2.75) is 6.92 Å². The molecule has 1 aromatic heterocycles. The Hall–Kier alpha value is -3.81. The SMILES string of the molecule is Cc1nccc(-c2cccc(NC(=O)N3CCN(C(=O)c4cccc(F)c4)CC3)c2)n1. The molecular weight excluding hydrogens is 397 g/mol. The van der Waals surface area contributed by atoms with Gasteiger partial charge in [-0.05, 0) is 43.3 Å². The maximum absolute atomic E-state index is 13.4. The predicted molar refractivity (Wildman–Crippen MR) is 115 cm³/mol. The number of hydrogen-bond acceptors (Lipinski definition) is 4. The lowest BCUT2D eigenvalue weighted by Gasteiger charge is -2.34. The molecule has 0 radical (unpaired) electrons. The van der Waals surface area contributed by atoms with E-state index in [-0.39, 0.29) is 11.9 Å². The molecule has 31 heavy (non-hydrogen) atoms. The van der Waals surface area contributed by atoms with Gasteiger partial charge < -0.3 is 15.1 Å². The Bertz CT molecular complexity index is 1110. The van der Waals surface area contributed by atoms with Crippen molar-refractivity contribution >= 4 is 17.6 Å². The van der Waals surface area contributed by atoms with Crippen molar-refractivity contribution in [3.63, 3.8) is 0 Å². The fourth-order valence-electron chi connectivity index (χ4n) is 3.49. The van der Waals surface area contributed by atoms with Gasteiger partial charge >= 0.3 is 6.03 Å². The zero-order chi connectivity index (χ0) is 21.8. The van der Waals surface area contributed by atoms with Crippen molar-refractivity contribution in [3.05, 3.63) is 78.0 Å². The zero-order valence-corrected chi connectivity index (χ0v) is 17.1. The molecule has 1 aliphatic rings. The molecule has 8 heteroatoms. The van der Waals surface area contributed by atoms with Crippen molar-refractivity contribution in [1.29, 1.82) is 0 Å². The van der Waals surface area contributed by atoms with E-state index in [0.29, 0.717) is 43.3 Å². The molecule has 0 unspecified atom stereocenters. The summed E-state index contributed by atoms with van der Waals surface area (Å²) in [5.41, 5.74) is 2.65. The number of anilines is 1. The third-order valence-corrected chi connectivity index (χ3v) is 5.11. The predicted octanol–water partition coefficient (Wildman–Crippen LogP) is 3.58. The number of nitrogens with zero attached hydrogens (tertiary/aromatic N) is 4. The Kier molecular flexibility index (Phi) is 5.88. The highest BCUT2D eigenvalue weighted by Crippen LogP contribution is 2.21. The molecule has 2 aromatic carbocycles. The molecule has 1 N–H and O–H groups in total. The van der Waals surface area contributed by atoms with Gasteiger partial charge in [0.1, 0.15) is 11.6 Å². The number of aryl methyl sites for hydroxylation is 1. The van der Waals surface area contributed by atoms with Crippen molar-refractivity contribution in [2.75, 3.05) is 31.5 Å². The molecular formula is C23H22FN5O2. The number of rotatable bonds is 3. The summed E-state index contributed by atoms with van der Waals surface area (Å²) in [6.07, 6.45) is 1.70. The third kappa shape index (κ3) is 4.85. The molecule has 3 aromatic rings. The summed E-state index contributed by atoms with van der Waals surface area (Å²) in [6, 6.07) is 14.7. The number of piperazine rings is 1. The van der Waals surface area contributed by atoms with E-state index in [9.17, 15) is 14.0 Å². The van der Waals surface area contributed by atoms with Gasteiger partial charge in [-0.2, -0.15) is 0 Å². The lowest BCUT2D eigenvalue weighted by atomic mass is 10.1. The van der Waals surface area contributed by atoms with Gasteiger partial charge in [0.15, 0.2) is 0 Å². The summed E-state index contributed by atoms with van der Waals surface area (Å²) < 4.78 is 13.4. The second kappa shape index (κ2) is 8.91. The van der Waals surface area contributed by atoms with Gasteiger partial charge in [0.05, 0.1) is 5.69 Å². The minimum Gasteiger partial charge on any atom is -0.335 e. The molecule has 4 rings (SSSR count). The highest BCUT2D eigenvalue weighted by atomic mass is 19.1. The van der Waals surface area contributed by atoms with Crippen LogP contribution in [0.1, 0.15) is 16.2 Å². The lowest BCUT2D eigenvalue weighted by molar-refractivity contribution is 0.0671. The van der Waals surface area contributed by atoms with E-state index in [0.717, 1.165) is 11.3 Å². The van der Waals surface area contributed by atoms with Crippen LogP contribution in [-0.4, -0.2) is 57.9 Å². The first kappa shape index (κ1) is 20.5. The van der Waals surface area contributed by atoms with E-state index in [4.69, 9.17) is 0 Å². The van der Waals surface area contributed by atoms with Crippen LogP contribution in [0, 0.1) is 12.7 Å². The second-order valence-corrected chi connectivity index (χ2v) is 7.29. The first-order chi connectivity index (χ1) is 15.0. The van der Waals surface area contributed by atoms with Crippen LogP contribution < -0.4 is 5.32 Å². The molecule has 7 nitrogen and oxygen atoms in total. The van der Waals surface area contributed by atoms with Gasteiger partial charge in [-0.25, -0.2) is 19.2 Å². The highest BCUT2D eigenvalue weighted by Gasteiger charge is 2.25. The Morgan fingerprint density at radius 1 is 0.968 bits per heavy atom. The van der Waals surface area contributed by atoms with Gasteiger partial charge in [-0.3, -0.25) is 4.79 Å². The van der Waals surface area contributed by atoms with Crippen LogP contribution in [0.2, 0.25) is 0 Å². The van der Waals surface area contributed by atoms with E-state index in [1.807, 2.05) is 37.3 Å². The summed E-state index contributed by atoms with van der Waals surface area (Å²) >= 11 is 0. The quantitative estimate of drug-likeness (QED) is 0.704.